The van der Waals surface area contributed by atoms with E-state index in [1.165, 1.54) is 154 Å². The minimum atomic E-state index is -3.98. The molecule has 0 aromatic rings. The Bertz CT molecular complexity index is 1040. The average Bonchev–Trinajstić information content (AvgIpc) is 3.14. The van der Waals surface area contributed by atoms with Crippen molar-refractivity contribution in [2.75, 3.05) is 80.8 Å². The summed E-state index contributed by atoms with van der Waals surface area (Å²) in [5.41, 5.74) is 0. The van der Waals surface area contributed by atoms with Crippen LogP contribution in [0, 0.1) is 24.7 Å². The van der Waals surface area contributed by atoms with Crippen LogP contribution in [-0.4, -0.2) is 99.6 Å². The number of phosphoric acid groups is 2. The van der Waals surface area contributed by atoms with Crippen molar-refractivity contribution >= 4 is 15.6 Å². The Hall–Kier alpha value is -0.740. The van der Waals surface area contributed by atoms with Crippen molar-refractivity contribution < 1.29 is 46.0 Å². The van der Waals surface area contributed by atoms with Crippen LogP contribution in [0.5, 0.6) is 0 Å². The third-order valence-electron chi connectivity index (χ3n) is 11.0. The van der Waals surface area contributed by atoms with E-state index in [1.54, 1.807) is 0 Å². The molecule has 58 heavy (non-hydrogen) atoms. The number of likely N-dealkylation sites (N-methyl/N-ethyl adjacent to an activating group) is 2. The van der Waals surface area contributed by atoms with E-state index >= 15 is 0 Å². The van der Waals surface area contributed by atoms with Gasteiger partial charge in [0.15, 0.2) is 0 Å². The van der Waals surface area contributed by atoms with E-state index in [-0.39, 0.29) is 26.4 Å². The molecule has 0 aliphatic carbocycles. The predicted molar refractivity (Wildman–Crippen MR) is 243 cm³/mol. The fourth-order valence-corrected chi connectivity index (χ4v) is 8.54. The van der Waals surface area contributed by atoms with Crippen LogP contribution in [0.3, 0.4) is 0 Å². The average molecular weight is 863 g/mol. The number of rotatable bonds is 45. The molecule has 0 spiro atoms. The number of terminal acetylenes is 2. The summed E-state index contributed by atoms with van der Waals surface area (Å²) in [6.45, 7) is 3.01. The Morgan fingerprint density at radius 3 is 0.724 bits per heavy atom. The Labute approximate surface area is 358 Å². The van der Waals surface area contributed by atoms with Crippen molar-refractivity contribution in [1.82, 2.24) is 0 Å². The van der Waals surface area contributed by atoms with E-state index in [9.17, 15) is 18.9 Å². The van der Waals surface area contributed by atoms with Gasteiger partial charge in [0.05, 0.1) is 41.4 Å². The summed E-state index contributed by atoms with van der Waals surface area (Å²) in [6.07, 6.45) is 49.3. The molecule has 12 heteroatoms. The first kappa shape index (κ1) is 57.3. The normalized spacial score (nSPS) is 14.2. The zero-order chi connectivity index (χ0) is 43.1. The maximum absolute atomic E-state index is 12.0. The molecule has 0 aromatic heterocycles. The molecule has 0 bridgehead atoms. The van der Waals surface area contributed by atoms with Gasteiger partial charge in [-0.2, -0.15) is 0 Å². The van der Waals surface area contributed by atoms with Crippen molar-refractivity contribution in [2.24, 2.45) is 0 Å². The second kappa shape index (κ2) is 38.0. The van der Waals surface area contributed by atoms with Crippen LogP contribution in [0.1, 0.15) is 193 Å². The number of nitrogens with zero attached hydrogens (tertiary/aromatic N) is 2. The summed E-state index contributed by atoms with van der Waals surface area (Å²) < 4.78 is 45.5. The molecule has 0 saturated carbocycles. The molecule has 0 heterocycles. The van der Waals surface area contributed by atoms with Crippen molar-refractivity contribution in [3.8, 4) is 24.7 Å². The molecule has 0 rings (SSSR count). The van der Waals surface area contributed by atoms with Crippen LogP contribution < -0.4 is 0 Å². The molecule has 0 aliphatic rings. The summed E-state index contributed by atoms with van der Waals surface area (Å²) in [7, 11) is -0.109. The Morgan fingerprint density at radius 1 is 0.362 bits per heavy atom. The number of phosphoric ester groups is 2. The number of hydrogen-bond acceptors (Lipinski definition) is 6. The molecule has 2 unspecified atom stereocenters. The smallest absolute Gasteiger partial charge is 0.316 e. The molecule has 0 aliphatic heterocycles. The minimum Gasteiger partial charge on any atom is -0.316 e. The summed E-state index contributed by atoms with van der Waals surface area (Å²) in [5.74, 6) is 5.21. The van der Waals surface area contributed by atoms with Crippen LogP contribution in [-0.2, 0) is 27.2 Å². The molecule has 342 valence electrons. The molecule has 10 nitrogen and oxygen atoms in total. The van der Waals surface area contributed by atoms with Gasteiger partial charge in [-0.3, -0.25) is 18.1 Å². The number of unbranched alkanes of at least 4 members (excludes halogenated alkanes) is 29. The zero-order valence-electron chi connectivity index (χ0n) is 38.2. The van der Waals surface area contributed by atoms with Crippen molar-refractivity contribution in [2.45, 2.75) is 193 Å². The van der Waals surface area contributed by atoms with Crippen LogP contribution in [0.2, 0.25) is 0 Å². The molecule has 0 aromatic carbocycles. The summed E-state index contributed by atoms with van der Waals surface area (Å²) in [4.78, 5) is 19.7. The number of quaternary nitrogens is 2. The van der Waals surface area contributed by atoms with E-state index in [2.05, 4.69) is 11.8 Å². The topological polar surface area (TPSA) is 112 Å². The van der Waals surface area contributed by atoms with E-state index < -0.39 is 15.6 Å². The molecular weight excluding hydrogens is 770 g/mol. The van der Waals surface area contributed by atoms with Crippen molar-refractivity contribution in [3.63, 3.8) is 0 Å². The molecule has 2 atom stereocenters. The zero-order valence-corrected chi connectivity index (χ0v) is 39.9. The quantitative estimate of drug-likeness (QED) is 0.0269. The lowest BCUT2D eigenvalue weighted by Crippen LogP contribution is -2.42. The molecule has 0 radical (unpaired) electrons. The van der Waals surface area contributed by atoms with Crippen LogP contribution in [0.25, 0.3) is 0 Å². The first-order chi connectivity index (χ1) is 27.7. The lowest BCUT2D eigenvalue weighted by atomic mass is 10.0. The first-order valence-corrected chi connectivity index (χ1v) is 26.5. The second-order valence-electron chi connectivity index (χ2n) is 17.9. The predicted octanol–water partition coefficient (Wildman–Crippen LogP) is 12.4. The molecule has 0 amide bonds. The molecular formula is C46H92N2O8P2+2. The van der Waals surface area contributed by atoms with Gasteiger partial charge in [0.1, 0.15) is 39.4 Å². The second-order valence-corrected chi connectivity index (χ2v) is 20.8. The van der Waals surface area contributed by atoms with Gasteiger partial charge in [-0.25, -0.2) is 9.13 Å². The minimum absolute atomic E-state index is 0.144. The fraction of sp³-hybridized carbons (Fsp3) is 0.913. The SMILES string of the molecule is C#CC[N+](C)(C)CCOP(=O)(O)OCCCCCCCCCCCCCCCCCCCCCCCCCCCCCCCCOP(=O)(O)OCC[N+](C)(C)CC#C. The van der Waals surface area contributed by atoms with Crippen molar-refractivity contribution in [3.05, 3.63) is 0 Å². The van der Waals surface area contributed by atoms with Crippen molar-refractivity contribution in [1.29, 1.82) is 0 Å². The summed E-state index contributed by atoms with van der Waals surface area (Å²) >= 11 is 0. The third kappa shape index (κ3) is 42.0. The van der Waals surface area contributed by atoms with Crippen LogP contribution >= 0.6 is 15.6 Å². The fourth-order valence-electron chi connectivity index (χ4n) is 7.05. The highest BCUT2D eigenvalue weighted by atomic mass is 31.2. The summed E-state index contributed by atoms with van der Waals surface area (Å²) in [6, 6.07) is 0. The highest BCUT2D eigenvalue weighted by Crippen LogP contribution is 2.44. The summed E-state index contributed by atoms with van der Waals surface area (Å²) in [5, 5.41) is 0. The monoisotopic (exact) mass is 863 g/mol. The van der Waals surface area contributed by atoms with Gasteiger partial charge < -0.3 is 18.8 Å². The van der Waals surface area contributed by atoms with Crippen LogP contribution in [0.4, 0.5) is 0 Å². The largest absolute Gasteiger partial charge is 0.472 e. The highest BCUT2D eigenvalue weighted by molar-refractivity contribution is 7.47. The Kier molecular flexibility index (Phi) is 37.5. The highest BCUT2D eigenvalue weighted by Gasteiger charge is 2.24. The van der Waals surface area contributed by atoms with E-state index in [0.29, 0.717) is 35.1 Å². The van der Waals surface area contributed by atoms with Gasteiger partial charge in [0.25, 0.3) is 0 Å². The molecule has 0 fully saturated rings. The maximum atomic E-state index is 12.0. The third-order valence-corrected chi connectivity index (χ3v) is 13.0. The number of hydrogen-bond donors (Lipinski definition) is 2. The first-order valence-electron chi connectivity index (χ1n) is 23.5. The molecule has 2 N–H and O–H groups in total. The molecule has 0 saturated heterocycles. The van der Waals surface area contributed by atoms with Gasteiger partial charge in [-0.05, 0) is 24.7 Å². The van der Waals surface area contributed by atoms with Gasteiger partial charge in [0, 0.05) is 0 Å². The van der Waals surface area contributed by atoms with E-state index in [4.69, 9.17) is 30.9 Å². The van der Waals surface area contributed by atoms with Gasteiger partial charge in [0.2, 0.25) is 0 Å². The van der Waals surface area contributed by atoms with Gasteiger partial charge in [-0.1, -0.05) is 180 Å². The standard InChI is InChI=1S/C46H90N2O8P2/c1-7-39-47(3,4)41-45-55-57(49,50)53-43-37-35-33-31-29-27-25-23-21-19-17-15-13-11-9-10-12-14-16-18-20-22-24-26-28-30-32-34-36-38-44-54-58(51,52)56-46-42-48(5,6)40-8-2/h1-2H,9-46H2,3-6H3/p+2. The van der Waals surface area contributed by atoms with Gasteiger partial charge >= 0.3 is 15.6 Å². The van der Waals surface area contributed by atoms with Crippen LogP contribution in [0.15, 0.2) is 0 Å². The Balaban J connectivity index is 3.29. The van der Waals surface area contributed by atoms with Gasteiger partial charge in [-0.15, -0.1) is 12.8 Å². The Morgan fingerprint density at radius 2 is 0.534 bits per heavy atom. The maximum Gasteiger partial charge on any atom is 0.472 e. The van der Waals surface area contributed by atoms with E-state index in [0.717, 1.165) is 38.5 Å². The van der Waals surface area contributed by atoms with E-state index in [1.807, 2.05) is 28.2 Å². The lowest BCUT2D eigenvalue weighted by molar-refractivity contribution is -0.883. The lowest BCUT2D eigenvalue weighted by Gasteiger charge is -2.27.